The quantitative estimate of drug-likeness (QED) is 0.682. The maximum absolute atomic E-state index is 6.28. The lowest BCUT2D eigenvalue weighted by molar-refractivity contribution is 0.397. The molecule has 106 valence electrons. The third-order valence-corrected chi connectivity index (χ3v) is 5.19. The zero-order valence-electron chi connectivity index (χ0n) is 11.9. The molecule has 0 fully saturated rings. The molecule has 0 bridgehead atoms. The topological polar surface area (TPSA) is 29.3 Å². The van der Waals surface area contributed by atoms with Gasteiger partial charge in [0.25, 0.3) is 0 Å². The van der Waals surface area contributed by atoms with Gasteiger partial charge in [0.05, 0.1) is 12.2 Å². The minimum absolute atomic E-state index is 0.790. The molecule has 21 heavy (non-hydrogen) atoms. The summed E-state index contributed by atoms with van der Waals surface area (Å²) in [6.45, 7) is 0.790. The smallest absolute Gasteiger partial charge is 0.0661 e. The van der Waals surface area contributed by atoms with Crippen molar-refractivity contribution in [2.75, 3.05) is 6.54 Å². The van der Waals surface area contributed by atoms with Crippen molar-refractivity contribution in [3.8, 4) is 0 Å². The molecule has 4 rings (SSSR count). The highest BCUT2D eigenvalue weighted by atomic mass is 32.2. The molecule has 0 amide bonds. The van der Waals surface area contributed by atoms with Gasteiger partial charge in [-0.05, 0) is 53.0 Å². The van der Waals surface area contributed by atoms with Crippen LogP contribution in [-0.4, -0.2) is 11.6 Å². The first-order valence-electron chi connectivity index (χ1n) is 7.40. The van der Waals surface area contributed by atoms with Crippen LogP contribution in [-0.2, 0) is 0 Å². The van der Waals surface area contributed by atoms with Crippen LogP contribution >= 0.6 is 11.8 Å². The summed E-state index contributed by atoms with van der Waals surface area (Å²) >= 11 is 1.82. The van der Waals surface area contributed by atoms with Crippen molar-refractivity contribution < 1.29 is 0 Å². The van der Waals surface area contributed by atoms with E-state index in [2.05, 4.69) is 47.9 Å². The van der Waals surface area contributed by atoms with Gasteiger partial charge in [0.15, 0.2) is 0 Å². The van der Waals surface area contributed by atoms with Crippen molar-refractivity contribution in [1.82, 2.24) is 5.01 Å². The van der Waals surface area contributed by atoms with E-state index in [4.69, 9.17) is 5.84 Å². The molecule has 2 heterocycles. The number of hydrazine groups is 1. The average Bonchev–Trinajstić information content (AvgIpc) is 2.83. The number of hydrogen-bond acceptors (Lipinski definition) is 3. The maximum atomic E-state index is 6.28. The highest BCUT2D eigenvalue weighted by Gasteiger charge is 2.28. The van der Waals surface area contributed by atoms with Crippen molar-refractivity contribution >= 4 is 11.8 Å². The Balaban J connectivity index is 1.93. The molecule has 0 radical (unpaired) electrons. The summed E-state index contributed by atoms with van der Waals surface area (Å²) in [6, 6.07) is 0. The lowest BCUT2D eigenvalue weighted by Gasteiger charge is -2.32. The van der Waals surface area contributed by atoms with Gasteiger partial charge in [-0.15, -0.1) is 0 Å². The zero-order valence-corrected chi connectivity index (χ0v) is 12.7. The van der Waals surface area contributed by atoms with E-state index in [0.717, 1.165) is 31.5 Å². The third kappa shape index (κ3) is 2.17. The van der Waals surface area contributed by atoms with Gasteiger partial charge >= 0.3 is 0 Å². The predicted octanol–water partition coefficient (Wildman–Crippen LogP) is 4.11. The van der Waals surface area contributed by atoms with E-state index in [-0.39, 0.29) is 0 Å². The number of allylic oxidation sites excluding steroid dienone is 11. The Hall–Kier alpha value is -1.71. The van der Waals surface area contributed by atoms with Crippen molar-refractivity contribution in [3.05, 3.63) is 80.8 Å². The molecule has 3 heteroatoms. The number of nitrogens with zero attached hydrogens (tertiary/aromatic N) is 1. The van der Waals surface area contributed by atoms with E-state index in [1.54, 1.807) is 0 Å². The van der Waals surface area contributed by atoms with Crippen LogP contribution in [0.2, 0.25) is 0 Å². The Morgan fingerprint density at radius 3 is 3.00 bits per heavy atom. The lowest BCUT2D eigenvalue weighted by atomic mass is 9.85. The highest BCUT2D eigenvalue weighted by molar-refractivity contribution is 8.05. The number of thioether (sulfide) groups is 1. The fourth-order valence-corrected chi connectivity index (χ4v) is 4.27. The molecule has 0 aromatic carbocycles. The van der Waals surface area contributed by atoms with Gasteiger partial charge in [0.2, 0.25) is 0 Å². The average molecular weight is 294 g/mol. The predicted molar refractivity (Wildman–Crippen MR) is 90.0 cm³/mol. The summed E-state index contributed by atoms with van der Waals surface area (Å²) in [5.41, 5.74) is 6.81. The summed E-state index contributed by atoms with van der Waals surface area (Å²) < 4.78 is 0. The van der Waals surface area contributed by atoms with Gasteiger partial charge in [-0.25, -0.2) is 5.84 Å². The standard InChI is InChI=1S/C18H18N2S/c19-20-12-17-18(15-8-2-1-3-9-16(15)20)14-7-5-4-6-13(14)10-11-21-17/h1-3,5,7,9-11H,4,6,8,12,19H2. The number of hydrogen-bond donors (Lipinski definition) is 1. The first kappa shape index (κ1) is 13.0. The molecule has 4 aliphatic rings. The zero-order chi connectivity index (χ0) is 14.2. The Bertz CT molecular complexity index is 699. The van der Waals surface area contributed by atoms with Gasteiger partial charge in [-0.3, -0.25) is 0 Å². The summed E-state index contributed by atoms with van der Waals surface area (Å²) in [4.78, 5) is 1.37. The van der Waals surface area contributed by atoms with Crippen LogP contribution in [0.1, 0.15) is 19.3 Å². The van der Waals surface area contributed by atoms with Crippen molar-refractivity contribution in [2.24, 2.45) is 5.84 Å². The van der Waals surface area contributed by atoms with Crippen LogP contribution in [0.5, 0.6) is 0 Å². The highest BCUT2D eigenvalue weighted by Crippen LogP contribution is 2.44. The van der Waals surface area contributed by atoms with Gasteiger partial charge in [-0.1, -0.05) is 48.2 Å². The molecule has 0 aromatic heterocycles. The molecular formula is C18H18N2S. The molecule has 0 unspecified atom stereocenters. The Labute approximate surface area is 129 Å². The van der Waals surface area contributed by atoms with E-state index in [1.807, 2.05) is 16.8 Å². The monoisotopic (exact) mass is 294 g/mol. The molecule has 0 spiro atoms. The number of fused-ring (bicyclic) bond motifs is 2. The molecule has 0 aromatic rings. The van der Waals surface area contributed by atoms with Crippen molar-refractivity contribution in [2.45, 2.75) is 19.3 Å². The van der Waals surface area contributed by atoms with Crippen LogP contribution in [0.25, 0.3) is 0 Å². The van der Waals surface area contributed by atoms with Crippen LogP contribution < -0.4 is 5.84 Å². The second-order valence-electron chi connectivity index (χ2n) is 5.58. The first-order valence-corrected chi connectivity index (χ1v) is 8.28. The van der Waals surface area contributed by atoms with Crippen LogP contribution in [0.3, 0.4) is 0 Å². The van der Waals surface area contributed by atoms with Gasteiger partial charge < -0.3 is 5.01 Å². The molecule has 0 saturated heterocycles. The lowest BCUT2D eigenvalue weighted by Crippen LogP contribution is -2.35. The Morgan fingerprint density at radius 1 is 1.10 bits per heavy atom. The summed E-state index contributed by atoms with van der Waals surface area (Å²) in [6.07, 6.45) is 18.7. The molecular weight excluding hydrogens is 276 g/mol. The van der Waals surface area contributed by atoms with E-state index < -0.39 is 0 Å². The summed E-state index contributed by atoms with van der Waals surface area (Å²) in [5, 5.41) is 4.11. The second kappa shape index (κ2) is 5.24. The molecule has 2 aliphatic heterocycles. The SMILES string of the molecule is NN1CC2=C(C3=C(C=CS2)CCC=C3)C2=C1C=CC=CC2. The van der Waals surface area contributed by atoms with Gasteiger partial charge in [0, 0.05) is 4.91 Å². The number of nitrogens with two attached hydrogens (primary N) is 1. The largest absolute Gasteiger partial charge is 0.306 e. The van der Waals surface area contributed by atoms with Crippen LogP contribution in [0.4, 0.5) is 0 Å². The fraction of sp³-hybridized carbons (Fsp3) is 0.222. The summed E-state index contributed by atoms with van der Waals surface area (Å²) in [5.74, 6) is 6.28. The van der Waals surface area contributed by atoms with E-state index in [1.165, 1.54) is 27.2 Å². The van der Waals surface area contributed by atoms with Crippen molar-refractivity contribution in [1.29, 1.82) is 0 Å². The minimum atomic E-state index is 0.790. The second-order valence-corrected chi connectivity index (χ2v) is 6.58. The maximum Gasteiger partial charge on any atom is 0.0661 e. The van der Waals surface area contributed by atoms with Crippen LogP contribution in [0, 0.1) is 0 Å². The minimum Gasteiger partial charge on any atom is -0.306 e. The van der Waals surface area contributed by atoms with E-state index in [9.17, 15) is 0 Å². The van der Waals surface area contributed by atoms with Gasteiger partial charge in [0.1, 0.15) is 0 Å². The molecule has 0 saturated carbocycles. The van der Waals surface area contributed by atoms with E-state index >= 15 is 0 Å². The summed E-state index contributed by atoms with van der Waals surface area (Å²) in [7, 11) is 0. The third-order valence-electron chi connectivity index (χ3n) is 4.30. The normalized spacial score (nSPS) is 24.0. The van der Waals surface area contributed by atoms with Crippen LogP contribution in [0.15, 0.2) is 80.8 Å². The molecule has 2 nitrogen and oxygen atoms in total. The molecule has 2 N–H and O–H groups in total. The van der Waals surface area contributed by atoms with E-state index in [0.29, 0.717) is 0 Å². The molecule has 2 aliphatic carbocycles. The van der Waals surface area contributed by atoms with Gasteiger partial charge in [-0.2, -0.15) is 0 Å². The molecule has 0 atom stereocenters. The Morgan fingerprint density at radius 2 is 2.05 bits per heavy atom. The first-order chi connectivity index (χ1) is 10.3. The Kier molecular flexibility index (Phi) is 3.24. The fourth-order valence-electron chi connectivity index (χ4n) is 3.31. The van der Waals surface area contributed by atoms with Crippen molar-refractivity contribution in [3.63, 3.8) is 0 Å². The number of rotatable bonds is 0.